The lowest BCUT2D eigenvalue weighted by molar-refractivity contribution is -0.159. The molecular formula is C26H36Cl2N6O3. The molecule has 1 saturated heterocycles. The largest absolute Gasteiger partial charge is 0.492 e. The quantitative estimate of drug-likeness (QED) is 0.235. The summed E-state index contributed by atoms with van der Waals surface area (Å²) in [5.74, 6) is 0.614. The number of amidine groups is 1. The number of anilines is 1. The van der Waals surface area contributed by atoms with Crippen molar-refractivity contribution in [2.24, 2.45) is 16.9 Å². The Kier molecular flexibility index (Phi) is 10.5. The average Bonchev–Trinajstić information content (AvgIpc) is 2.87. The van der Waals surface area contributed by atoms with E-state index in [2.05, 4.69) is 11.0 Å². The standard InChI is InChI=1S/C26H34N6O3.2ClH/c1-2-34-24(33)26(10-13-31(14-11-26)21-6-3-19(4-7-21)23(27)28)17-35-22-8-5-18-9-12-32(25(29)30)16-20(18)15-22;;/h3-8,15H,2,9-14,16-17H2,1H3,(H3,27,28)(H3,29,30);2*1H. The van der Waals surface area contributed by atoms with E-state index in [1.807, 2.05) is 48.2 Å². The zero-order valence-corrected chi connectivity index (χ0v) is 22.6. The molecular weight excluding hydrogens is 515 g/mol. The molecule has 0 spiro atoms. The van der Waals surface area contributed by atoms with Crippen LogP contribution < -0.4 is 21.1 Å². The first kappa shape index (κ1) is 30.1. The average molecular weight is 552 g/mol. The van der Waals surface area contributed by atoms with Crippen LogP contribution in [0.15, 0.2) is 42.5 Å². The maximum Gasteiger partial charge on any atom is 0.315 e. The molecule has 0 atom stereocenters. The van der Waals surface area contributed by atoms with E-state index in [1.165, 1.54) is 5.56 Å². The Hall–Kier alpha value is -3.17. The fourth-order valence-electron chi connectivity index (χ4n) is 4.79. The third-order valence-corrected chi connectivity index (χ3v) is 7.02. The number of nitrogens with one attached hydrogen (secondary N) is 2. The number of hydrogen-bond acceptors (Lipinski definition) is 6. The van der Waals surface area contributed by atoms with Gasteiger partial charge in [-0.25, -0.2) is 0 Å². The minimum Gasteiger partial charge on any atom is -0.492 e. The zero-order chi connectivity index (χ0) is 25.0. The zero-order valence-electron chi connectivity index (χ0n) is 21.0. The van der Waals surface area contributed by atoms with E-state index in [0.717, 1.165) is 24.2 Å². The van der Waals surface area contributed by atoms with E-state index < -0.39 is 5.41 Å². The first-order chi connectivity index (χ1) is 16.8. The van der Waals surface area contributed by atoms with Crippen LogP contribution in [-0.2, 0) is 22.5 Å². The summed E-state index contributed by atoms with van der Waals surface area (Å²) in [4.78, 5) is 17.1. The molecule has 202 valence electrons. The Labute approximate surface area is 230 Å². The van der Waals surface area contributed by atoms with Crippen LogP contribution in [0.3, 0.4) is 0 Å². The first-order valence-corrected chi connectivity index (χ1v) is 12.0. The molecule has 0 aliphatic carbocycles. The maximum absolute atomic E-state index is 13.1. The molecule has 2 aliphatic rings. The van der Waals surface area contributed by atoms with Gasteiger partial charge in [0.1, 0.15) is 23.6 Å². The molecule has 2 aliphatic heterocycles. The second-order valence-corrected chi connectivity index (χ2v) is 9.22. The van der Waals surface area contributed by atoms with Gasteiger partial charge in [-0.3, -0.25) is 15.6 Å². The summed E-state index contributed by atoms with van der Waals surface area (Å²) in [6.45, 7) is 5.11. The van der Waals surface area contributed by atoms with Crippen LogP contribution in [0.25, 0.3) is 0 Å². The third-order valence-electron chi connectivity index (χ3n) is 7.02. The molecule has 0 aromatic heterocycles. The summed E-state index contributed by atoms with van der Waals surface area (Å²) in [6, 6.07) is 13.6. The highest BCUT2D eigenvalue weighted by Crippen LogP contribution is 2.36. The van der Waals surface area contributed by atoms with Gasteiger partial charge >= 0.3 is 5.97 Å². The highest BCUT2D eigenvalue weighted by molar-refractivity contribution is 5.95. The number of piperidine rings is 1. The molecule has 1 fully saturated rings. The van der Waals surface area contributed by atoms with Crippen molar-refractivity contribution < 1.29 is 14.3 Å². The van der Waals surface area contributed by atoms with Crippen molar-refractivity contribution in [3.63, 3.8) is 0 Å². The lowest BCUT2D eigenvalue weighted by Gasteiger charge is -2.40. The van der Waals surface area contributed by atoms with Crippen molar-refractivity contribution in [1.82, 2.24) is 4.90 Å². The number of fused-ring (bicyclic) bond motifs is 1. The number of hydrogen-bond donors (Lipinski definition) is 4. The molecule has 9 nitrogen and oxygen atoms in total. The fourth-order valence-corrected chi connectivity index (χ4v) is 4.79. The number of ether oxygens (including phenoxy) is 2. The van der Waals surface area contributed by atoms with Gasteiger partial charge in [0.05, 0.1) is 6.61 Å². The molecule has 2 heterocycles. The van der Waals surface area contributed by atoms with Crippen LogP contribution in [0, 0.1) is 16.2 Å². The Balaban J connectivity index is 0.00000241. The van der Waals surface area contributed by atoms with Crippen molar-refractivity contribution in [2.75, 3.05) is 37.7 Å². The topological polar surface area (TPSA) is 142 Å². The fraction of sp³-hybridized carbons (Fsp3) is 0.423. The van der Waals surface area contributed by atoms with Gasteiger partial charge in [-0.1, -0.05) is 6.07 Å². The van der Waals surface area contributed by atoms with E-state index in [-0.39, 0.29) is 49.2 Å². The van der Waals surface area contributed by atoms with Crippen molar-refractivity contribution in [1.29, 1.82) is 10.8 Å². The maximum atomic E-state index is 13.1. The number of nitrogen functional groups attached to an aromatic ring is 1. The SMILES string of the molecule is CCOC(=O)C1(COc2ccc3c(c2)CN(C(=N)N)CC3)CCN(c2ccc(C(=N)N)cc2)CC1.Cl.Cl. The number of nitrogens with zero attached hydrogens (tertiary/aromatic N) is 2. The summed E-state index contributed by atoms with van der Waals surface area (Å²) < 4.78 is 11.7. The normalized spacial score (nSPS) is 15.9. The first-order valence-electron chi connectivity index (χ1n) is 12.0. The number of rotatable bonds is 7. The minimum atomic E-state index is -0.715. The molecule has 0 amide bonds. The Bertz CT molecular complexity index is 1100. The molecule has 0 bridgehead atoms. The van der Waals surface area contributed by atoms with E-state index in [9.17, 15) is 4.79 Å². The Morgan fingerprint density at radius 1 is 1.00 bits per heavy atom. The number of guanidine groups is 1. The molecule has 0 unspecified atom stereocenters. The Morgan fingerprint density at radius 2 is 1.68 bits per heavy atom. The van der Waals surface area contributed by atoms with Gasteiger partial charge in [0, 0.05) is 37.4 Å². The van der Waals surface area contributed by atoms with Crippen molar-refractivity contribution in [2.45, 2.75) is 32.7 Å². The van der Waals surface area contributed by atoms with Crippen molar-refractivity contribution in [3.8, 4) is 5.75 Å². The third kappa shape index (κ3) is 6.78. The lowest BCUT2D eigenvalue weighted by atomic mass is 9.79. The van der Waals surface area contributed by atoms with Crippen LogP contribution in [0.2, 0.25) is 0 Å². The van der Waals surface area contributed by atoms with Gasteiger partial charge in [0.25, 0.3) is 0 Å². The van der Waals surface area contributed by atoms with E-state index in [0.29, 0.717) is 50.4 Å². The second kappa shape index (κ2) is 12.9. The highest BCUT2D eigenvalue weighted by Gasteiger charge is 2.44. The number of carbonyl (C=O) groups is 1. The lowest BCUT2D eigenvalue weighted by Crippen LogP contribution is -2.48. The van der Waals surface area contributed by atoms with Crippen LogP contribution in [0.5, 0.6) is 5.75 Å². The predicted molar refractivity (Wildman–Crippen MR) is 150 cm³/mol. The van der Waals surface area contributed by atoms with Gasteiger partial charge in [0.2, 0.25) is 0 Å². The second-order valence-electron chi connectivity index (χ2n) is 9.22. The molecule has 4 rings (SSSR count). The summed E-state index contributed by atoms with van der Waals surface area (Å²) in [6.07, 6.45) is 2.07. The van der Waals surface area contributed by atoms with Crippen LogP contribution in [-0.4, -0.2) is 55.5 Å². The molecule has 37 heavy (non-hydrogen) atoms. The van der Waals surface area contributed by atoms with Crippen LogP contribution in [0.4, 0.5) is 5.69 Å². The molecule has 2 aromatic carbocycles. The molecule has 2 aromatic rings. The number of benzene rings is 2. The monoisotopic (exact) mass is 550 g/mol. The van der Waals surface area contributed by atoms with Gasteiger partial charge in [-0.15, -0.1) is 24.8 Å². The highest BCUT2D eigenvalue weighted by atomic mass is 35.5. The number of halogens is 2. The van der Waals surface area contributed by atoms with Crippen molar-refractivity contribution in [3.05, 3.63) is 59.2 Å². The molecule has 6 N–H and O–H groups in total. The number of nitrogens with two attached hydrogens (primary N) is 2. The molecule has 11 heteroatoms. The smallest absolute Gasteiger partial charge is 0.315 e. The van der Waals surface area contributed by atoms with E-state index >= 15 is 0 Å². The predicted octanol–water partition coefficient (Wildman–Crippen LogP) is 3.29. The van der Waals surface area contributed by atoms with Crippen LogP contribution in [0.1, 0.15) is 36.5 Å². The summed E-state index contributed by atoms with van der Waals surface area (Å²) in [7, 11) is 0. The number of esters is 1. The summed E-state index contributed by atoms with van der Waals surface area (Å²) in [5.41, 5.74) is 14.6. The van der Waals surface area contributed by atoms with Gasteiger partial charge < -0.3 is 30.7 Å². The van der Waals surface area contributed by atoms with E-state index in [1.54, 1.807) is 0 Å². The summed E-state index contributed by atoms with van der Waals surface area (Å²) in [5, 5.41) is 15.3. The minimum absolute atomic E-state index is 0. The van der Waals surface area contributed by atoms with Gasteiger partial charge in [0.15, 0.2) is 5.96 Å². The van der Waals surface area contributed by atoms with Crippen LogP contribution >= 0.6 is 24.8 Å². The Morgan fingerprint density at radius 3 is 2.27 bits per heavy atom. The van der Waals surface area contributed by atoms with Gasteiger partial charge in [-0.2, -0.15) is 0 Å². The van der Waals surface area contributed by atoms with Crippen molar-refractivity contribution >= 4 is 48.3 Å². The van der Waals surface area contributed by atoms with E-state index in [4.69, 9.17) is 31.8 Å². The summed E-state index contributed by atoms with van der Waals surface area (Å²) >= 11 is 0. The molecule has 0 saturated carbocycles. The number of carbonyl (C=O) groups excluding carboxylic acids is 1. The van der Waals surface area contributed by atoms with Gasteiger partial charge in [-0.05, 0) is 73.7 Å². The molecule has 0 radical (unpaired) electrons.